The van der Waals surface area contributed by atoms with Crippen LogP contribution in [0.3, 0.4) is 0 Å². The van der Waals surface area contributed by atoms with Crippen molar-refractivity contribution in [3.05, 3.63) is 36.0 Å². The summed E-state index contributed by atoms with van der Waals surface area (Å²) < 4.78 is 13.6. The minimum absolute atomic E-state index is 0.164. The normalized spacial score (nSPS) is 18.6. The van der Waals surface area contributed by atoms with Crippen LogP contribution in [0, 0.1) is 5.92 Å². The van der Waals surface area contributed by atoms with Gasteiger partial charge in [-0.15, -0.1) is 0 Å². The predicted octanol–water partition coefficient (Wildman–Crippen LogP) is 2.24. The Bertz CT molecular complexity index is 378. The molecule has 1 aliphatic heterocycles. The van der Waals surface area contributed by atoms with Gasteiger partial charge in [0.1, 0.15) is 5.84 Å². The minimum Gasteiger partial charge on any atom is -0.383 e. The van der Waals surface area contributed by atoms with Crippen LogP contribution in [-0.2, 0) is 0 Å². The number of aliphatic imine (C=N–C) groups is 1. The van der Waals surface area contributed by atoms with E-state index in [4.69, 9.17) is 5.73 Å². The standard InChI is InChI=1S/C12H18FN3/c1-7(2)9(4)16-11-5-8(3)12(14)15-6-10(11)13/h5-7,9,16H,3H2,1-2,4H3,(H2,14,15). The van der Waals surface area contributed by atoms with Crippen LogP contribution < -0.4 is 11.1 Å². The quantitative estimate of drug-likeness (QED) is 0.771. The second kappa shape index (κ2) is 4.96. The third-order valence-corrected chi connectivity index (χ3v) is 2.61. The highest BCUT2D eigenvalue weighted by Gasteiger charge is 2.14. The maximum Gasteiger partial charge on any atom is 0.164 e. The van der Waals surface area contributed by atoms with Crippen molar-refractivity contribution >= 4 is 5.84 Å². The number of rotatable bonds is 3. The predicted molar refractivity (Wildman–Crippen MR) is 65.5 cm³/mol. The topological polar surface area (TPSA) is 50.4 Å². The van der Waals surface area contributed by atoms with Gasteiger partial charge >= 0.3 is 0 Å². The first kappa shape index (κ1) is 12.5. The Morgan fingerprint density at radius 3 is 2.62 bits per heavy atom. The number of nitrogens with zero attached hydrogens (tertiary/aromatic N) is 1. The summed E-state index contributed by atoms with van der Waals surface area (Å²) in [5.74, 6) is 0.224. The van der Waals surface area contributed by atoms with Crippen molar-refractivity contribution in [2.75, 3.05) is 0 Å². The summed E-state index contributed by atoms with van der Waals surface area (Å²) in [6.45, 7) is 9.85. The molecule has 1 unspecified atom stereocenters. The van der Waals surface area contributed by atoms with Crippen LogP contribution in [0.1, 0.15) is 20.8 Å². The molecule has 88 valence electrons. The van der Waals surface area contributed by atoms with E-state index >= 15 is 0 Å². The fraction of sp³-hybridized carbons (Fsp3) is 0.417. The van der Waals surface area contributed by atoms with E-state index in [-0.39, 0.29) is 11.9 Å². The molecular formula is C12H18FN3. The molecule has 3 nitrogen and oxygen atoms in total. The second-order valence-corrected chi connectivity index (χ2v) is 4.25. The van der Waals surface area contributed by atoms with Crippen LogP contribution >= 0.6 is 0 Å². The van der Waals surface area contributed by atoms with Gasteiger partial charge in [0, 0.05) is 11.6 Å². The van der Waals surface area contributed by atoms with Crippen LogP contribution in [0.4, 0.5) is 4.39 Å². The second-order valence-electron chi connectivity index (χ2n) is 4.25. The zero-order valence-corrected chi connectivity index (χ0v) is 9.92. The van der Waals surface area contributed by atoms with Crippen LogP contribution in [0.15, 0.2) is 40.9 Å². The zero-order chi connectivity index (χ0) is 12.3. The maximum atomic E-state index is 13.6. The van der Waals surface area contributed by atoms with Gasteiger partial charge in [-0.25, -0.2) is 9.38 Å². The molecule has 0 aromatic heterocycles. The summed E-state index contributed by atoms with van der Waals surface area (Å²) in [6, 6.07) is 0.164. The Morgan fingerprint density at radius 2 is 2.06 bits per heavy atom. The number of nitrogens with one attached hydrogen (secondary N) is 1. The molecule has 0 radical (unpaired) electrons. The molecule has 16 heavy (non-hydrogen) atoms. The smallest absolute Gasteiger partial charge is 0.164 e. The first-order valence-electron chi connectivity index (χ1n) is 5.28. The number of amidine groups is 1. The van der Waals surface area contributed by atoms with Gasteiger partial charge < -0.3 is 11.1 Å². The fourth-order valence-electron chi connectivity index (χ4n) is 1.12. The molecule has 0 fully saturated rings. The average Bonchev–Trinajstić information content (AvgIpc) is 2.33. The summed E-state index contributed by atoms with van der Waals surface area (Å²) in [6.07, 6.45) is 2.69. The molecule has 1 rings (SSSR count). The van der Waals surface area contributed by atoms with Crippen LogP contribution in [0.25, 0.3) is 0 Å². The van der Waals surface area contributed by atoms with Gasteiger partial charge in [0.15, 0.2) is 5.83 Å². The van der Waals surface area contributed by atoms with Crippen molar-refractivity contribution in [2.45, 2.75) is 26.8 Å². The van der Waals surface area contributed by atoms with Crippen LogP contribution in [0.5, 0.6) is 0 Å². The van der Waals surface area contributed by atoms with Gasteiger partial charge in [0.2, 0.25) is 0 Å². The van der Waals surface area contributed by atoms with Crippen molar-refractivity contribution < 1.29 is 4.39 Å². The van der Waals surface area contributed by atoms with E-state index in [1.165, 1.54) is 0 Å². The van der Waals surface area contributed by atoms with E-state index in [9.17, 15) is 4.39 Å². The molecule has 0 saturated carbocycles. The molecule has 0 bridgehead atoms. The van der Waals surface area contributed by atoms with E-state index in [1.807, 2.05) is 6.92 Å². The third kappa shape index (κ3) is 2.95. The number of halogens is 1. The highest BCUT2D eigenvalue weighted by Crippen LogP contribution is 2.17. The van der Waals surface area contributed by atoms with Gasteiger partial charge in [-0.3, -0.25) is 0 Å². The van der Waals surface area contributed by atoms with E-state index in [1.54, 1.807) is 6.08 Å². The van der Waals surface area contributed by atoms with Crippen molar-refractivity contribution in [2.24, 2.45) is 16.6 Å². The Kier molecular flexibility index (Phi) is 3.88. The van der Waals surface area contributed by atoms with Crippen LogP contribution in [0.2, 0.25) is 0 Å². The lowest BCUT2D eigenvalue weighted by molar-refractivity contribution is 0.453. The van der Waals surface area contributed by atoms with Gasteiger partial charge in [-0.2, -0.15) is 0 Å². The monoisotopic (exact) mass is 223 g/mol. The van der Waals surface area contributed by atoms with Crippen molar-refractivity contribution in [1.29, 1.82) is 0 Å². The largest absolute Gasteiger partial charge is 0.383 e. The Morgan fingerprint density at radius 1 is 1.44 bits per heavy atom. The lowest BCUT2D eigenvalue weighted by atomic mass is 10.1. The van der Waals surface area contributed by atoms with Crippen LogP contribution in [-0.4, -0.2) is 11.9 Å². The van der Waals surface area contributed by atoms with Gasteiger partial charge in [-0.05, 0) is 18.9 Å². The van der Waals surface area contributed by atoms with E-state index < -0.39 is 5.83 Å². The van der Waals surface area contributed by atoms with Gasteiger partial charge in [-0.1, -0.05) is 20.4 Å². The molecule has 1 aliphatic rings. The Hall–Kier alpha value is -1.58. The third-order valence-electron chi connectivity index (χ3n) is 2.61. The fourth-order valence-corrected chi connectivity index (χ4v) is 1.12. The number of nitrogens with two attached hydrogens (primary N) is 1. The molecule has 0 amide bonds. The number of hydrogen-bond donors (Lipinski definition) is 2. The molecule has 0 aromatic rings. The van der Waals surface area contributed by atoms with E-state index in [2.05, 4.69) is 30.7 Å². The van der Waals surface area contributed by atoms with Gasteiger partial charge in [0.05, 0.1) is 11.9 Å². The summed E-state index contributed by atoms with van der Waals surface area (Å²) in [5, 5.41) is 3.09. The molecule has 0 saturated heterocycles. The molecule has 1 heterocycles. The molecule has 0 spiro atoms. The SMILES string of the molecule is C=C1C=C(NC(C)C(C)C)C(F)=CN=C1N. The molecule has 3 N–H and O–H groups in total. The maximum absolute atomic E-state index is 13.6. The lowest BCUT2D eigenvalue weighted by Gasteiger charge is -2.20. The first-order chi connectivity index (χ1) is 7.41. The minimum atomic E-state index is -0.422. The summed E-state index contributed by atoms with van der Waals surface area (Å²) in [4.78, 5) is 3.75. The zero-order valence-electron chi connectivity index (χ0n) is 9.92. The highest BCUT2D eigenvalue weighted by atomic mass is 19.1. The first-order valence-corrected chi connectivity index (χ1v) is 5.28. The number of hydrogen-bond acceptors (Lipinski definition) is 3. The average molecular weight is 223 g/mol. The molecule has 0 aromatic carbocycles. The molecule has 1 atom stereocenters. The summed E-state index contributed by atoms with van der Waals surface area (Å²) in [7, 11) is 0. The van der Waals surface area contributed by atoms with Crippen molar-refractivity contribution in [3.63, 3.8) is 0 Å². The van der Waals surface area contributed by atoms with E-state index in [0.717, 1.165) is 6.20 Å². The lowest BCUT2D eigenvalue weighted by Crippen LogP contribution is -2.30. The number of allylic oxidation sites excluding steroid dienone is 1. The van der Waals surface area contributed by atoms with E-state index in [0.29, 0.717) is 17.2 Å². The molecule has 0 aliphatic carbocycles. The van der Waals surface area contributed by atoms with Crippen molar-refractivity contribution in [1.82, 2.24) is 5.32 Å². The molecular weight excluding hydrogens is 205 g/mol. The van der Waals surface area contributed by atoms with Gasteiger partial charge in [0.25, 0.3) is 0 Å². The summed E-state index contributed by atoms with van der Waals surface area (Å²) >= 11 is 0. The Balaban J connectivity index is 2.88. The highest BCUT2D eigenvalue weighted by molar-refractivity contribution is 5.99. The molecule has 4 heteroatoms. The Labute approximate surface area is 95.6 Å². The summed E-state index contributed by atoms with van der Waals surface area (Å²) in [5.41, 5.74) is 6.46. The van der Waals surface area contributed by atoms with Crippen molar-refractivity contribution in [3.8, 4) is 0 Å².